The van der Waals surface area contributed by atoms with Gasteiger partial charge in [0.25, 0.3) is 0 Å². The Morgan fingerprint density at radius 1 is 1.56 bits per heavy atom. The first-order valence-corrected chi connectivity index (χ1v) is 7.49. The molecule has 7 heteroatoms. The third-order valence-electron chi connectivity index (χ3n) is 2.13. The Balaban J connectivity index is 2.61. The van der Waals surface area contributed by atoms with Gasteiger partial charge in [-0.05, 0) is 19.9 Å². The highest BCUT2D eigenvalue weighted by molar-refractivity contribution is 7.89. The van der Waals surface area contributed by atoms with E-state index < -0.39 is 10.0 Å². The van der Waals surface area contributed by atoms with Crippen LogP contribution in [0.25, 0.3) is 0 Å². The largest absolute Gasteiger partial charge is 0.330 e. The first kappa shape index (κ1) is 13.6. The number of rotatable bonds is 6. The molecule has 0 spiro atoms. The Morgan fingerprint density at radius 2 is 2.25 bits per heavy atom. The molecule has 0 aromatic carbocycles. The van der Waals surface area contributed by atoms with Gasteiger partial charge in [-0.1, -0.05) is 0 Å². The van der Waals surface area contributed by atoms with Crippen LogP contribution in [-0.2, 0) is 16.6 Å². The van der Waals surface area contributed by atoms with Crippen molar-refractivity contribution in [2.45, 2.75) is 19.9 Å². The zero-order chi connectivity index (χ0) is 12.2. The summed E-state index contributed by atoms with van der Waals surface area (Å²) in [5.74, 6) is 0.100. The van der Waals surface area contributed by atoms with Crippen molar-refractivity contribution in [1.29, 1.82) is 0 Å². The van der Waals surface area contributed by atoms with E-state index in [4.69, 9.17) is 5.73 Å². The molecule has 1 aromatic rings. The SMILES string of the molecule is Cc1nc(CN(C)S(=O)(=O)CCCN)cs1. The molecule has 0 saturated carbocycles. The predicted octanol–water partition coefficient (Wildman–Crippen LogP) is 0.562. The van der Waals surface area contributed by atoms with Gasteiger partial charge in [-0.3, -0.25) is 0 Å². The maximum atomic E-state index is 11.7. The molecule has 0 radical (unpaired) electrons. The van der Waals surface area contributed by atoms with Crippen molar-refractivity contribution in [3.63, 3.8) is 0 Å². The fraction of sp³-hybridized carbons (Fsp3) is 0.667. The minimum Gasteiger partial charge on any atom is -0.330 e. The smallest absolute Gasteiger partial charge is 0.214 e. The fourth-order valence-electron chi connectivity index (χ4n) is 1.23. The molecule has 0 aliphatic carbocycles. The third kappa shape index (κ3) is 3.82. The highest BCUT2D eigenvalue weighted by Crippen LogP contribution is 2.12. The van der Waals surface area contributed by atoms with Crippen LogP contribution < -0.4 is 5.73 Å². The second kappa shape index (κ2) is 5.72. The Morgan fingerprint density at radius 3 is 2.75 bits per heavy atom. The fourth-order valence-corrected chi connectivity index (χ4v) is 3.00. The summed E-state index contributed by atoms with van der Waals surface area (Å²) in [7, 11) is -1.62. The van der Waals surface area contributed by atoms with E-state index >= 15 is 0 Å². The summed E-state index contributed by atoms with van der Waals surface area (Å²) in [6.07, 6.45) is 0.489. The number of aryl methyl sites for hydroxylation is 1. The molecule has 1 rings (SSSR count). The van der Waals surface area contributed by atoms with E-state index in [9.17, 15) is 8.42 Å². The van der Waals surface area contributed by atoms with Crippen LogP contribution in [0.4, 0.5) is 0 Å². The first-order chi connectivity index (χ1) is 7.45. The molecule has 92 valence electrons. The molecule has 0 amide bonds. The van der Waals surface area contributed by atoms with Crippen LogP contribution in [0.3, 0.4) is 0 Å². The van der Waals surface area contributed by atoms with Gasteiger partial charge in [0.2, 0.25) is 10.0 Å². The summed E-state index contributed by atoms with van der Waals surface area (Å²) >= 11 is 1.52. The molecule has 1 aromatic heterocycles. The lowest BCUT2D eigenvalue weighted by atomic mass is 10.5. The summed E-state index contributed by atoms with van der Waals surface area (Å²) < 4.78 is 24.8. The molecule has 0 aliphatic heterocycles. The molecule has 0 aliphatic rings. The van der Waals surface area contributed by atoms with Crippen molar-refractivity contribution in [1.82, 2.24) is 9.29 Å². The van der Waals surface area contributed by atoms with Gasteiger partial charge in [0.05, 0.1) is 23.0 Å². The van der Waals surface area contributed by atoms with Crippen molar-refractivity contribution in [3.8, 4) is 0 Å². The van der Waals surface area contributed by atoms with Crippen molar-refractivity contribution in [2.24, 2.45) is 5.73 Å². The molecule has 0 atom stereocenters. The quantitative estimate of drug-likeness (QED) is 0.813. The van der Waals surface area contributed by atoms with Gasteiger partial charge >= 0.3 is 0 Å². The van der Waals surface area contributed by atoms with Gasteiger partial charge in [-0.25, -0.2) is 13.4 Å². The number of hydrogen-bond donors (Lipinski definition) is 1. The Kier molecular flexibility index (Phi) is 4.85. The highest BCUT2D eigenvalue weighted by atomic mass is 32.2. The molecule has 0 fully saturated rings. The highest BCUT2D eigenvalue weighted by Gasteiger charge is 2.18. The molecule has 0 bridgehead atoms. The van der Waals surface area contributed by atoms with Crippen molar-refractivity contribution < 1.29 is 8.42 Å². The van der Waals surface area contributed by atoms with Crippen molar-refractivity contribution in [3.05, 3.63) is 16.1 Å². The van der Waals surface area contributed by atoms with Crippen LogP contribution in [-0.4, -0.2) is 37.1 Å². The lowest BCUT2D eigenvalue weighted by molar-refractivity contribution is 0.461. The Bertz CT molecular complexity index is 428. The lowest BCUT2D eigenvalue weighted by Gasteiger charge is -2.15. The zero-order valence-corrected chi connectivity index (χ0v) is 11.1. The van der Waals surface area contributed by atoms with E-state index in [2.05, 4.69) is 4.98 Å². The van der Waals surface area contributed by atoms with Crippen molar-refractivity contribution >= 4 is 21.4 Å². The average molecular weight is 263 g/mol. The van der Waals surface area contributed by atoms with Gasteiger partial charge in [0.1, 0.15) is 0 Å². The topological polar surface area (TPSA) is 76.3 Å². The van der Waals surface area contributed by atoms with E-state index in [0.717, 1.165) is 10.7 Å². The van der Waals surface area contributed by atoms with Crippen molar-refractivity contribution in [2.75, 3.05) is 19.3 Å². The Labute approximate surface area is 100 Å². The zero-order valence-electron chi connectivity index (χ0n) is 9.51. The number of nitrogens with two attached hydrogens (primary N) is 1. The number of sulfonamides is 1. The second-order valence-electron chi connectivity index (χ2n) is 3.57. The lowest BCUT2D eigenvalue weighted by Crippen LogP contribution is -2.29. The molecule has 5 nitrogen and oxygen atoms in total. The van der Waals surface area contributed by atoms with Gasteiger partial charge < -0.3 is 5.73 Å². The standard InChI is InChI=1S/C9H17N3O2S2/c1-8-11-9(7-15-8)6-12(2)16(13,14)5-3-4-10/h7H,3-6,10H2,1-2H3. The number of aromatic nitrogens is 1. The van der Waals surface area contributed by atoms with Crippen LogP contribution in [0.15, 0.2) is 5.38 Å². The third-order valence-corrected chi connectivity index (χ3v) is 4.84. The molecule has 0 saturated heterocycles. The van der Waals surface area contributed by atoms with Gasteiger partial charge in [0, 0.05) is 12.4 Å². The van der Waals surface area contributed by atoms with Gasteiger partial charge in [-0.15, -0.1) is 11.3 Å². The molecule has 0 unspecified atom stereocenters. The number of thiazole rings is 1. The normalized spacial score (nSPS) is 12.2. The molecule has 2 N–H and O–H groups in total. The summed E-state index contributed by atoms with van der Waals surface area (Å²) in [6.45, 7) is 2.62. The molecular formula is C9H17N3O2S2. The number of nitrogens with zero attached hydrogens (tertiary/aromatic N) is 2. The van der Waals surface area contributed by atoms with E-state index in [0.29, 0.717) is 19.5 Å². The van der Waals surface area contributed by atoms with Gasteiger partial charge in [-0.2, -0.15) is 4.31 Å². The van der Waals surface area contributed by atoms with E-state index in [1.54, 1.807) is 7.05 Å². The maximum Gasteiger partial charge on any atom is 0.214 e. The maximum absolute atomic E-state index is 11.7. The molecular weight excluding hydrogens is 246 g/mol. The Hall–Kier alpha value is -0.500. The van der Waals surface area contributed by atoms with Crippen LogP contribution in [0, 0.1) is 6.92 Å². The van der Waals surface area contributed by atoms with Crippen LogP contribution in [0.2, 0.25) is 0 Å². The van der Waals surface area contributed by atoms with E-state index in [-0.39, 0.29) is 5.75 Å². The predicted molar refractivity (Wildman–Crippen MR) is 65.8 cm³/mol. The summed E-state index contributed by atoms with van der Waals surface area (Å²) in [5.41, 5.74) is 6.09. The minimum absolute atomic E-state index is 0.100. The second-order valence-corrected chi connectivity index (χ2v) is 6.83. The van der Waals surface area contributed by atoms with Crippen LogP contribution in [0.1, 0.15) is 17.1 Å². The van der Waals surface area contributed by atoms with Crippen LogP contribution >= 0.6 is 11.3 Å². The van der Waals surface area contributed by atoms with E-state index in [1.807, 2.05) is 12.3 Å². The average Bonchev–Trinajstić information content (AvgIpc) is 2.61. The molecule has 16 heavy (non-hydrogen) atoms. The summed E-state index contributed by atoms with van der Waals surface area (Å²) in [6, 6.07) is 0. The van der Waals surface area contributed by atoms with Crippen LogP contribution in [0.5, 0.6) is 0 Å². The first-order valence-electron chi connectivity index (χ1n) is 5.01. The number of hydrogen-bond acceptors (Lipinski definition) is 5. The summed E-state index contributed by atoms with van der Waals surface area (Å²) in [4.78, 5) is 4.23. The monoisotopic (exact) mass is 263 g/mol. The minimum atomic E-state index is -3.19. The van der Waals surface area contributed by atoms with E-state index in [1.165, 1.54) is 15.6 Å². The summed E-state index contributed by atoms with van der Waals surface area (Å²) in [5, 5.41) is 2.83. The van der Waals surface area contributed by atoms with Gasteiger partial charge in [0.15, 0.2) is 0 Å². The molecule has 1 heterocycles.